The van der Waals surface area contributed by atoms with E-state index in [0.29, 0.717) is 19.0 Å². The van der Waals surface area contributed by atoms with E-state index in [1.165, 1.54) is 4.68 Å². The SMILES string of the molecule is C=C/C=C\C=C(/C=C)COc1cc(CNC)nn1CO. The molecule has 1 heterocycles. The largest absolute Gasteiger partial charge is 0.473 e. The number of nitrogens with zero attached hydrogens (tertiary/aromatic N) is 2. The van der Waals surface area contributed by atoms with Gasteiger partial charge in [0.25, 0.3) is 0 Å². The summed E-state index contributed by atoms with van der Waals surface area (Å²) in [4.78, 5) is 0. The normalized spacial score (nSPS) is 11.8. The van der Waals surface area contributed by atoms with Gasteiger partial charge in [0, 0.05) is 12.6 Å². The molecule has 5 nitrogen and oxygen atoms in total. The number of ether oxygens (including phenoxy) is 1. The Kier molecular flexibility index (Phi) is 7.10. The van der Waals surface area contributed by atoms with Crippen LogP contribution in [0.25, 0.3) is 0 Å². The van der Waals surface area contributed by atoms with Gasteiger partial charge in [0.15, 0.2) is 0 Å². The number of aromatic nitrogens is 2. The molecule has 1 aromatic rings. The van der Waals surface area contributed by atoms with Crippen molar-refractivity contribution < 1.29 is 9.84 Å². The molecule has 0 atom stereocenters. The molecule has 0 aliphatic rings. The summed E-state index contributed by atoms with van der Waals surface area (Å²) in [6, 6.07) is 1.80. The Morgan fingerprint density at radius 1 is 1.50 bits per heavy atom. The summed E-state index contributed by atoms with van der Waals surface area (Å²) < 4.78 is 7.06. The fourth-order valence-corrected chi connectivity index (χ4v) is 1.53. The number of hydrogen-bond acceptors (Lipinski definition) is 4. The average Bonchev–Trinajstić information content (AvgIpc) is 2.85. The first-order valence-corrected chi connectivity index (χ1v) is 6.30. The van der Waals surface area contributed by atoms with Crippen molar-refractivity contribution in [3.8, 4) is 5.88 Å². The smallest absolute Gasteiger partial charge is 0.214 e. The van der Waals surface area contributed by atoms with Crippen molar-refractivity contribution in [1.29, 1.82) is 0 Å². The first-order valence-electron chi connectivity index (χ1n) is 6.30. The Bertz CT molecular complexity index is 501. The number of nitrogens with one attached hydrogen (secondary N) is 1. The van der Waals surface area contributed by atoms with Crippen molar-refractivity contribution in [2.75, 3.05) is 13.7 Å². The highest BCUT2D eigenvalue weighted by Gasteiger charge is 2.08. The molecular weight excluding hydrogens is 254 g/mol. The molecule has 0 saturated heterocycles. The van der Waals surface area contributed by atoms with Crippen LogP contribution in [0, 0.1) is 0 Å². The minimum atomic E-state index is -0.220. The molecule has 2 N–H and O–H groups in total. The molecule has 0 unspecified atom stereocenters. The molecule has 108 valence electrons. The summed E-state index contributed by atoms with van der Waals surface area (Å²) in [6.07, 6.45) is 9.00. The fraction of sp³-hybridized carbons (Fsp3) is 0.267. The molecule has 0 aromatic carbocycles. The molecule has 0 saturated carbocycles. The number of hydrogen-bond donors (Lipinski definition) is 2. The minimum Gasteiger partial charge on any atom is -0.473 e. The lowest BCUT2D eigenvalue weighted by molar-refractivity contribution is 0.173. The van der Waals surface area contributed by atoms with Crippen LogP contribution in [0.2, 0.25) is 0 Å². The summed E-state index contributed by atoms with van der Waals surface area (Å²) in [6.45, 7) is 8.10. The Morgan fingerprint density at radius 3 is 2.90 bits per heavy atom. The molecule has 20 heavy (non-hydrogen) atoms. The van der Waals surface area contributed by atoms with Gasteiger partial charge in [-0.05, 0) is 12.6 Å². The second kappa shape index (κ2) is 8.90. The van der Waals surface area contributed by atoms with Crippen LogP contribution in [-0.2, 0) is 13.3 Å². The molecule has 1 rings (SSSR count). The minimum absolute atomic E-state index is 0.220. The summed E-state index contributed by atoms with van der Waals surface area (Å²) in [5.74, 6) is 0.526. The van der Waals surface area contributed by atoms with Gasteiger partial charge in [0.05, 0.1) is 5.69 Å². The van der Waals surface area contributed by atoms with E-state index in [2.05, 4.69) is 23.6 Å². The maximum absolute atomic E-state index is 9.24. The Hall–Kier alpha value is -2.11. The maximum atomic E-state index is 9.24. The summed E-state index contributed by atoms with van der Waals surface area (Å²) >= 11 is 0. The first kappa shape index (κ1) is 15.9. The third-order valence-corrected chi connectivity index (χ3v) is 2.49. The van der Waals surface area contributed by atoms with E-state index >= 15 is 0 Å². The van der Waals surface area contributed by atoms with Crippen molar-refractivity contribution in [1.82, 2.24) is 15.1 Å². The van der Waals surface area contributed by atoms with Gasteiger partial charge in [-0.15, -0.1) is 0 Å². The van der Waals surface area contributed by atoms with E-state index in [-0.39, 0.29) is 6.73 Å². The van der Waals surface area contributed by atoms with Crippen molar-refractivity contribution in [3.63, 3.8) is 0 Å². The molecule has 5 heteroatoms. The van der Waals surface area contributed by atoms with Gasteiger partial charge < -0.3 is 15.2 Å². The van der Waals surface area contributed by atoms with Crippen LogP contribution < -0.4 is 10.1 Å². The van der Waals surface area contributed by atoms with Gasteiger partial charge in [0.2, 0.25) is 5.88 Å². The van der Waals surface area contributed by atoms with Crippen molar-refractivity contribution in [3.05, 3.63) is 60.9 Å². The lowest BCUT2D eigenvalue weighted by atomic mass is 10.2. The van der Waals surface area contributed by atoms with Crippen LogP contribution >= 0.6 is 0 Å². The average molecular weight is 275 g/mol. The lowest BCUT2D eigenvalue weighted by Gasteiger charge is -2.07. The zero-order valence-corrected chi connectivity index (χ0v) is 11.7. The van der Waals surface area contributed by atoms with E-state index in [0.717, 1.165) is 11.3 Å². The predicted octanol–water partition coefficient (Wildman–Crippen LogP) is 1.79. The topological polar surface area (TPSA) is 59.3 Å². The maximum Gasteiger partial charge on any atom is 0.214 e. The molecule has 1 aromatic heterocycles. The molecule has 0 amide bonds. The van der Waals surface area contributed by atoms with Gasteiger partial charge in [0.1, 0.15) is 13.3 Å². The molecule has 0 aliphatic carbocycles. The van der Waals surface area contributed by atoms with Gasteiger partial charge in [-0.25, -0.2) is 4.68 Å². The zero-order valence-electron chi connectivity index (χ0n) is 11.7. The summed E-state index contributed by atoms with van der Waals surface area (Å²) in [7, 11) is 1.84. The zero-order chi connectivity index (χ0) is 14.8. The molecular formula is C15H21N3O2. The molecule has 0 radical (unpaired) electrons. The highest BCUT2D eigenvalue weighted by Crippen LogP contribution is 2.14. The van der Waals surface area contributed by atoms with Crippen LogP contribution in [0.1, 0.15) is 5.69 Å². The third kappa shape index (κ3) is 4.87. The van der Waals surface area contributed by atoms with Crippen molar-refractivity contribution in [2.45, 2.75) is 13.3 Å². The van der Waals surface area contributed by atoms with E-state index in [9.17, 15) is 5.11 Å². The Balaban J connectivity index is 2.72. The highest BCUT2D eigenvalue weighted by atomic mass is 16.5. The van der Waals surface area contributed by atoms with Crippen LogP contribution in [-0.4, -0.2) is 28.5 Å². The van der Waals surface area contributed by atoms with E-state index in [1.54, 1.807) is 18.2 Å². The summed E-state index contributed by atoms with van der Waals surface area (Å²) in [5, 5.41) is 16.4. The van der Waals surface area contributed by atoms with Gasteiger partial charge in [-0.1, -0.05) is 43.5 Å². The number of aliphatic hydroxyl groups excluding tert-OH is 1. The second-order valence-corrected chi connectivity index (χ2v) is 4.00. The van der Waals surface area contributed by atoms with Gasteiger partial charge in [-0.2, -0.15) is 5.10 Å². The van der Waals surface area contributed by atoms with Crippen LogP contribution in [0.4, 0.5) is 0 Å². The van der Waals surface area contributed by atoms with Crippen molar-refractivity contribution in [2.24, 2.45) is 0 Å². The lowest BCUT2D eigenvalue weighted by Crippen LogP contribution is -2.08. The Labute approximate surface area is 119 Å². The quantitative estimate of drug-likeness (QED) is 0.675. The predicted molar refractivity (Wildman–Crippen MR) is 80.3 cm³/mol. The van der Waals surface area contributed by atoms with Gasteiger partial charge in [-0.3, -0.25) is 0 Å². The third-order valence-electron chi connectivity index (χ3n) is 2.49. The number of aliphatic hydroxyl groups is 1. The van der Waals surface area contributed by atoms with Crippen molar-refractivity contribution >= 4 is 0 Å². The van der Waals surface area contributed by atoms with E-state index in [4.69, 9.17) is 4.74 Å². The van der Waals surface area contributed by atoms with Crippen LogP contribution in [0.5, 0.6) is 5.88 Å². The molecule has 0 spiro atoms. The molecule has 0 fully saturated rings. The van der Waals surface area contributed by atoms with E-state index < -0.39 is 0 Å². The second-order valence-electron chi connectivity index (χ2n) is 4.00. The number of allylic oxidation sites excluding steroid dienone is 4. The summed E-state index contributed by atoms with van der Waals surface area (Å²) in [5.41, 5.74) is 1.73. The Morgan fingerprint density at radius 2 is 2.30 bits per heavy atom. The van der Waals surface area contributed by atoms with Crippen LogP contribution in [0.3, 0.4) is 0 Å². The van der Waals surface area contributed by atoms with Gasteiger partial charge >= 0.3 is 0 Å². The standard InChI is InChI=1S/C15H21N3O2/c1-4-6-7-8-13(5-2)11-20-15-9-14(10-16-3)17-18(15)12-19/h4-9,16,19H,1-2,10-12H2,3H3/b7-6-,13-8+. The number of rotatable bonds is 9. The monoisotopic (exact) mass is 275 g/mol. The molecule has 0 bridgehead atoms. The van der Waals surface area contributed by atoms with E-state index in [1.807, 2.05) is 25.3 Å². The van der Waals surface area contributed by atoms with Crippen LogP contribution in [0.15, 0.2) is 55.2 Å². The first-order chi connectivity index (χ1) is 9.74. The highest BCUT2D eigenvalue weighted by molar-refractivity contribution is 5.25. The molecule has 0 aliphatic heterocycles. The fourth-order valence-electron chi connectivity index (χ4n) is 1.53.